The van der Waals surface area contributed by atoms with E-state index < -0.39 is 11.9 Å². The molecule has 0 spiro atoms. The van der Waals surface area contributed by atoms with Crippen LogP contribution in [0.3, 0.4) is 0 Å². The highest BCUT2D eigenvalue weighted by Crippen LogP contribution is 2.22. The van der Waals surface area contributed by atoms with E-state index in [0.717, 1.165) is 5.56 Å². The molecule has 3 aromatic rings. The Hall–Kier alpha value is -3.15. The molecular weight excluding hydrogens is 284 g/mol. The van der Waals surface area contributed by atoms with Crippen molar-refractivity contribution in [2.24, 2.45) is 0 Å². The lowest BCUT2D eigenvalue weighted by Crippen LogP contribution is -1.96. The summed E-state index contributed by atoms with van der Waals surface area (Å²) in [5.74, 6) is -0.841. The molecule has 0 atom stereocenters. The van der Waals surface area contributed by atoms with Crippen molar-refractivity contribution in [2.45, 2.75) is 6.61 Å². The van der Waals surface area contributed by atoms with E-state index in [2.05, 4.69) is 14.7 Å². The quantitative estimate of drug-likeness (QED) is 0.779. The van der Waals surface area contributed by atoms with Gasteiger partial charge < -0.3 is 14.4 Å². The van der Waals surface area contributed by atoms with E-state index >= 15 is 0 Å². The van der Waals surface area contributed by atoms with Crippen LogP contribution in [0.15, 0.2) is 59.1 Å². The molecule has 2 aromatic carbocycles. The van der Waals surface area contributed by atoms with Gasteiger partial charge in [-0.15, -0.1) is 0 Å². The summed E-state index contributed by atoms with van der Waals surface area (Å²) in [4.78, 5) is 14.6. The lowest BCUT2D eigenvalue weighted by molar-refractivity contribution is 0.0643. The number of carboxylic acids is 1. The van der Waals surface area contributed by atoms with E-state index in [9.17, 15) is 4.79 Å². The summed E-state index contributed by atoms with van der Waals surface area (Å²) in [6.45, 7) is 0.441. The van der Waals surface area contributed by atoms with Crippen molar-refractivity contribution in [1.29, 1.82) is 0 Å². The second kappa shape index (κ2) is 6.09. The van der Waals surface area contributed by atoms with Crippen LogP contribution in [0.5, 0.6) is 5.75 Å². The predicted molar refractivity (Wildman–Crippen MR) is 77.5 cm³/mol. The van der Waals surface area contributed by atoms with Crippen LogP contribution in [0.25, 0.3) is 11.4 Å². The Balaban J connectivity index is 1.75. The highest BCUT2D eigenvalue weighted by atomic mass is 16.5. The predicted octanol–water partition coefficient (Wildman–Crippen LogP) is 3.01. The number of rotatable bonds is 5. The fourth-order valence-electron chi connectivity index (χ4n) is 1.89. The number of benzene rings is 2. The summed E-state index contributed by atoms with van der Waals surface area (Å²) in [5, 5.41) is 12.4. The second-order valence-corrected chi connectivity index (χ2v) is 4.53. The zero-order valence-corrected chi connectivity index (χ0v) is 11.5. The molecule has 0 saturated carbocycles. The third kappa shape index (κ3) is 3.12. The molecule has 1 heterocycles. The first-order chi connectivity index (χ1) is 10.7. The first-order valence-corrected chi connectivity index (χ1v) is 6.56. The van der Waals surface area contributed by atoms with E-state index in [-0.39, 0.29) is 5.82 Å². The molecule has 0 fully saturated rings. The highest BCUT2D eigenvalue weighted by molar-refractivity contribution is 5.82. The fourth-order valence-corrected chi connectivity index (χ4v) is 1.89. The van der Waals surface area contributed by atoms with Crippen molar-refractivity contribution in [3.05, 3.63) is 66.1 Å². The van der Waals surface area contributed by atoms with Crippen LogP contribution >= 0.6 is 0 Å². The number of carboxylic acid groups (broad SMARTS) is 1. The van der Waals surface area contributed by atoms with Crippen molar-refractivity contribution < 1.29 is 19.2 Å². The fraction of sp³-hybridized carbons (Fsp3) is 0.0625. The molecule has 1 aromatic heterocycles. The molecule has 110 valence electrons. The van der Waals surface area contributed by atoms with Crippen molar-refractivity contribution in [2.75, 3.05) is 0 Å². The topological polar surface area (TPSA) is 85.5 Å². The maximum Gasteiger partial charge on any atom is 0.394 e. The van der Waals surface area contributed by atoms with Crippen LogP contribution in [0.1, 0.15) is 16.2 Å². The number of aromatic carboxylic acids is 1. The molecule has 0 saturated heterocycles. The Bertz CT molecular complexity index is 784. The SMILES string of the molecule is O=C(O)c1nc(-c2cccc(OCc3ccccc3)c2)no1. The van der Waals surface area contributed by atoms with E-state index in [0.29, 0.717) is 17.9 Å². The van der Waals surface area contributed by atoms with Crippen LogP contribution in [-0.2, 0) is 6.61 Å². The maximum atomic E-state index is 10.8. The van der Waals surface area contributed by atoms with Gasteiger partial charge in [-0.3, -0.25) is 0 Å². The van der Waals surface area contributed by atoms with E-state index in [4.69, 9.17) is 9.84 Å². The van der Waals surface area contributed by atoms with Crippen LogP contribution in [0, 0.1) is 0 Å². The van der Waals surface area contributed by atoms with Gasteiger partial charge in [0.25, 0.3) is 0 Å². The number of aromatic nitrogens is 2. The minimum atomic E-state index is -1.25. The van der Waals surface area contributed by atoms with Gasteiger partial charge in [-0.05, 0) is 17.7 Å². The first-order valence-electron chi connectivity index (χ1n) is 6.56. The molecule has 0 bridgehead atoms. The van der Waals surface area contributed by atoms with E-state index in [1.165, 1.54) is 0 Å². The molecule has 6 nitrogen and oxygen atoms in total. The third-order valence-electron chi connectivity index (χ3n) is 2.95. The molecule has 0 amide bonds. The molecule has 0 radical (unpaired) electrons. The molecular formula is C16H12N2O4. The number of nitrogens with zero attached hydrogens (tertiary/aromatic N) is 2. The van der Waals surface area contributed by atoms with Gasteiger partial charge in [0.1, 0.15) is 12.4 Å². The van der Waals surface area contributed by atoms with E-state index in [1.807, 2.05) is 36.4 Å². The van der Waals surface area contributed by atoms with Crippen molar-refractivity contribution in [3.8, 4) is 17.1 Å². The zero-order valence-electron chi connectivity index (χ0n) is 11.5. The molecule has 6 heteroatoms. The molecule has 0 unspecified atom stereocenters. The van der Waals surface area contributed by atoms with Crippen LogP contribution in [0.2, 0.25) is 0 Å². The summed E-state index contributed by atoms with van der Waals surface area (Å²) in [5.41, 5.74) is 1.68. The maximum absolute atomic E-state index is 10.8. The molecule has 1 N–H and O–H groups in total. The number of hydrogen-bond acceptors (Lipinski definition) is 5. The molecule has 3 rings (SSSR count). The Kier molecular flexibility index (Phi) is 3.82. The Morgan fingerprint density at radius 2 is 1.95 bits per heavy atom. The minimum Gasteiger partial charge on any atom is -0.489 e. The Morgan fingerprint density at radius 1 is 1.14 bits per heavy atom. The van der Waals surface area contributed by atoms with E-state index in [1.54, 1.807) is 18.2 Å². The first kappa shape index (κ1) is 13.8. The summed E-state index contributed by atoms with van der Waals surface area (Å²) < 4.78 is 10.4. The van der Waals surface area contributed by atoms with Crippen LogP contribution in [0.4, 0.5) is 0 Å². The van der Waals surface area contributed by atoms with Gasteiger partial charge in [0, 0.05) is 5.56 Å². The van der Waals surface area contributed by atoms with Gasteiger partial charge in [0.15, 0.2) is 0 Å². The Labute approximate surface area is 126 Å². The van der Waals surface area contributed by atoms with Crippen LogP contribution in [-0.4, -0.2) is 21.2 Å². The monoisotopic (exact) mass is 296 g/mol. The standard InChI is InChI=1S/C16H12N2O4/c19-16(20)15-17-14(18-22-15)12-7-4-8-13(9-12)21-10-11-5-2-1-3-6-11/h1-9H,10H2,(H,19,20). The Morgan fingerprint density at radius 3 is 2.68 bits per heavy atom. The van der Waals surface area contributed by atoms with Gasteiger partial charge in [-0.1, -0.05) is 47.6 Å². The molecule has 0 aliphatic heterocycles. The summed E-state index contributed by atoms with van der Waals surface area (Å²) in [6, 6.07) is 16.9. The van der Waals surface area contributed by atoms with Crippen molar-refractivity contribution in [1.82, 2.24) is 10.1 Å². The highest BCUT2D eigenvalue weighted by Gasteiger charge is 2.14. The van der Waals surface area contributed by atoms with Gasteiger partial charge >= 0.3 is 11.9 Å². The summed E-state index contributed by atoms with van der Waals surface area (Å²) in [7, 11) is 0. The van der Waals surface area contributed by atoms with Gasteiger partial charge in [-0.2, -0.15) is 4.98 Å². The lowest BCUT2D eigenvalue weighted by Gasteiger charge is -2.06. The molecule has 0 aliphatic carbocycles. The number of carbonyl (C=O) groups is 1. The summed E-state index contributed by atoms with van der Waals surface area (Å²) >= 11 is 0. The normalized spacial score (nSPS) is 10.4. The van der Waals surface area contributed by atoms with Crippen molar-refractivity contribution >= 4 is 5.97 Å². The average molecular weight is 296 g/mol. The lowest BCUT2D eigenvalue weighted by atomic mass is 10.2. The summed E-state index contributed by atoms with van der Waals surface area (Å²) in [6.07, 6.45) is 0. The van der Waals surface area contributed by atoms with Gasteiger partial charge in [-0.25, -0.2) is 4.79 Å². The third-order valence-corrected chi connectivity index (χ3v) is 2.95. The largest absolute Gasteiger partial charge is 0.489 e. The van der Waals surface area contributed by atoms with Crippen molar-refractivity contribution in [3.63, 3.8) is 0 Å². The van der Waals surface area contributed by atoms with Crippen LogP contribution < -0.4 is 4.74 Å². The minimum absolute atomic E-state index is 0.211. The number of ether oxygens (including phenoxy) is 1. The smallest absolute Gasteiger partial charge is 0.394 e. The van der Waals surface area contributed by atoms with Gasteiger partial charge in [0.2, 0.25) is 5.82 Å². The molecule has 22 heavy (non-hydrogen) atoms. The zero-order chi connectivity index (χ0) is 15.4. The number of hydrogen-bond donors (Lipinski definition) is 1. The van der Waals surface area contributed by atoms with Gasteiger partial charge in [0.05, 0.1) is 0 Å². The average Bonchev–Trinajstić information content (AvgIpc) is 3.05. The molecule has 0 aliphatic rings. The second-order valence-electron chi connectivity index (χ2n) is 4.53.